The Morgan fingerprint density at radius 2 is 0.842 bits per heavy atom. The van der Waals surface area contributed by atoms with Gasteiger partial charge in [0.2, 0.25) is 11.8 Å². The van der Waals surface area contributed by atoms with Gasteiger partial charge in [0.25, 0.3) is 0 Å². The van der Waals surface area contributed by atoms with E-state index in [4.69, 9.17) is 10.2 Å². The van der Waals surface area contributed by atoms with Crippen LogP contribution in [0.4, 0.5) is 0 Å². The summed E-state index contributed by atoms with van der Waals surface area (Å²) < 4.78 is 0. The second-order valence-electron chi connectivity index (χ2n) is 10.4. The molecular formula is C29H54N2O7. The Morgan fingerprint density at radius 1 is 0.526 bits per heavy atom. The van der Waals surface area contributed by atoms with E-state index in [1.165, 1.54) is 48.3 Å². The van der Waals surface area contributed by atoms with Crippen molar-refractivity contribution in [2.75, 3.05) is 26.2 Å². The van der Waals surface area contributed by atoms with Gasteiger partial charge < -0.3 is 25.1 Å². The summed E-state index contributed by atoms with van der Waals surface area (Å²) in [6.45, 7) is 5.21. The van der Waals surface area contributed by atoms with E-state index in [-0.39, 0.29) is 50.6 Å². The van der Waals surface area contributed by atoms with Crippen LogP contribution in [0.3, 0.4) is 0 Å². The average Bonchev–Trinajstić information content (AvgIpc) is 2.87. The molecule has 1 unspecified atom stereocenters. The number of aliphatic hydroxyl groups is 1. The van der Waals surface area contributed by atoms with Crippen LogP contribution >= 0.6 is 0 Å². The van der Waals surface area contributed by atoms with Crippen LogP contribution in [-0.2, 0) is 19.2 Å². The molecule has 0 aliphatic rings. The van der Waals surface area contributed by atoms with Crippen LogP contribution in [-0.4, -0.2) is 81.2 Å². The fraction of sp³-hybridized carbons (Fsp3) is 0.862. The Morgan fingerprint density at radius 3 is 1.18 bits per heavy atom. The minimum absolute atomic E-state index is 0.0192. The van der Waals surface area contributed by atoms with E-state index in [1.807, 2.05) is 0 Å². The maximum absolute atomic E-state index is 12.7. The second kappa shape index (κ2) is 23.9. The molecule has 9 heteroatoms. The molecule has 38 heavy (non-hydrogen) atoms. The lowest BCUT2D eigenvalue weighted by molar-refractivity contribution is -0.142. The van der Waals surface area contributed by atoms with Gasteiger partial charge in [0.05, 0.1) is 18.9 Å². The molecule has 0 aromatic heterocycles. The van der Waals surface area contributed by atoms with E-state index in [1.54, 1.807) is 0 Å². The van der Waals surface area contributed by atoms with Crippen LogP contribution in [0, 0.1) is 0 Å². The van der Waals surface area contributed by atoms with E-state index in [2.05, 4.69) is 13.8 Å². The first-order valence-electron chi connectivity index (χ1n) is 14.9. The zero-order valence-electron chi connectivity index (χ0n) is 24.0. The molecule has 3 N–H and O–H groups in total. The van der Waals surface area contributed by atoms with E-state index < -0.39 is 18.0 Å². The molecule has 0 fully saturated rings. The molecule has 2 amide bonds. The van der Waals surface area contributed by atoms with E-state index in [0.717, 1.165) is 51.4 Å². The van der Waals surface area contributed by atoms with Crippen molar-refractivity contribution in [2.45, 2.75) is 136 Å². The Balaban J connectivity index is 4.84. The number of aliphatic hydroxyl groups excluding tert-OH is 1. The standard InChI is InChI=1S/C29H54N2O7/c1-3-5-7-9-10-11-12-13-14-16-22-31(27(34)18-20-29(37)38)24-25(32)23-30(21-15-8-6-4-2)26(33)17-19-28(35)36/h25,32H,3-24H2,1-2H3,(H,35,36)(H,37,38). The van der Waals surface area contributed by atoms with Gasteiger partial charge in [0.1, 0.15) is 0 Å². The predicted molar refractivity (Wildman–Crippen MR) is 149 cm³/mol. The van der Waals surface area contributed by atoms with Gasteiger partial charge in [0, 0.05) is 39.0 Å². The maximum atomic E-state index is 12.7. The number of rotatable bonds is 26. The third-order valence-electron chi connectivity index (χ3n) is 6.74. The molecule has 9 nitrogen and oxygen atoms in total. The molecule has 0 aliphatic carbocycles. The first-order chi connectivity index (χ1) is 18.2. The van der Waals surface area contributed by atoms with E-state index in [9.17, 15) is 24.3 Å². The van der Waals surface area contributed by atoms with Gasteiger partial charge in [-0.15, -0.1) is 0 Å². The van der Waals surface area contributed by atoms with Gasteiger partial charge >= 0.3 is 11.9 Å². The zero-order chi connectivity index (χ0) is 28.6. The van der Waals surface area contributed by atoms with Crippen molar-refractivity contribution < 1.29 is 34.5 Å². The molecule has 0 bridgehead atoms. The summed E-state index contributed by atoms with van der Waals surface area (Å²) in [7, 11) is 0. The third-order valence-corrected chi connectivity index (χ3v) is 6.74. The summed E-state index contributed by atoms with van der Waals surface area (Å²) in [5, 5.41) is 28.7. The van der Waals surface area contributed by atoms with Gasteiger partial charge in [-0.2, -0.15) is 0 Å². The minimum atomic E-state index is -1.04. The molecule has 0 aromatic rings. The molecule has 222 valence electrons. The van der Waals surface area contributed by atoms with Crippen LogP contribution in [0.1, 0.15) is 129 Å². The number of nitrogens with zero attached hydrogens (tertiary/aromatic N) is 2. The number of carbonyl (C=O) groups is 4. The third kappa shape index (κ3) is 20.8. The largest absolute Gasteiger partial charge is 0.481 e. The topological polar surface area (TPSA) is 135 Å². The number of hydrogen-bond donors (Lipinski definition) is 3. The van der Waals surface area contributed by atoms with Crippen molar-refractivity contribution in [1.82, 2.24) is 9.80 Å². The van der Waals surface area contributed by atoms with Crippen molar-refractivity contribution in [3.63, 3.8) is 0 Å². The van der Waals surface area contributed by atoms with Gasteiger partial charge in [-0.25, -0.2) is 0 Å². The van der Waals surface area contributed by atoms with E-state index in [0.29, 0.717) is 13.1 Å². The predicted octanol–water partition coefficient (Wildman–Crippen LogP) is 5.24. The Bertz CT molecular complexity index is 657. The summed E-state index contributed by atoms with van der Waals surface area (Å²) in [4.78, 5) is 50.2. The lowest BCUT2D eigenvalue weighted by Crippen LogP contribution is -2.45. The smallest absolute Gasteiger partial charge is 0.303 e. The molecule has 1 atom stereocenters. The van der Waals surface area contributed by atoms with Crippen LogP contribution in [0.25, 0.3) is 0 Å². The molecule has 0 saturated heterocycles. The number of carbonyl (C=O) groups excluding carboxylic acids is 2. The summed E-state index contributed by atoms with van der Waals surface area (Å²) >= 11 is 0. The lowest BCUT2D eigenvalue weighted by atomic mass is 10.1. The highest BCUT2D eigenvalue weighted by molar-refractivity contribution is 5.81. The number of hydrogen-bond acceptors (Lipinski definition) is 5. The van der Waals surface area contributed by atoms with Crippen molar-refractivity contribution in [3.8, 4) is 0 Å². The summed E-state index contributed by atoms with van der Waals surface area (Å²) in [6.07, 6.45) is 13.6. The van der Waals surface area contributed by atoms with Crippen molar-refractivity contribution in [3.05, 3.63) is 0 Å². The van der Waals surface area contributed by atoms with Crippen LogP contribution in [0.15, 0.2) is 0 Å². The molecule has 0 aromatic carbocycles. The molecule has 0 saturated carbocycles. The molecular weight excluding hydrogens is 488 g/mol. The SMILES string of the molecule is CCCCCCCCCCCCN(CC(O)CN(CCCCCC)C(=O)CCC(=O)O)C(=O)CCC(=O)O. The highest BCUT2D eigenvalue weighted by Gasteiger charge is 2.22. The number of aliphatic carboxylic acids is 2. The Labute approximate surface area is 230 Å². The second-order valence-corrected chi connectivity index (χ2v) is 10.4. The monoisotopic (exact) mass is 542 g/mol. The highest BCUT2D eigenvalue weighted by Crippen LogP contribution is 2.12. The first-order valence-corrected chi connectivity index (χ1v) is 14.9. The Kier molecular flexibility index (Phi) is 22.6. The van der Waals surface area contributed by atoms with Gasteiger partial charge in [-0.1, -0.05) is 90.9 Å². The lowest BCUT2D eigenvalue weighted by Gasteiger charge is -2.30. The fourth-order valence-electron chi connectivity index (χ4n) is 4.47. The number of carboxylic acids is 2. The normalized spacial score (nSPS) is 11.8. The Hall–Kier alpha value is -2.16. The molecule has 0 heterocycles. The molecule has 0 rings (SSSR count). The summed E-state index contributed by atoms with van der Waals surface area (Å²) in [5.74, 6) is -2.72. The number of carboxylic acid groups (broad SMARTS) is 2. The van der Waals surface area contributed by atoms with Crippen molar-refractivity contribution in [1.29, 1.82) is 0 Å². The highest BCUT2D eigenvalue weighted by atomic mass is 16.4. The molecule has 0 aliphatic heterocycles. The maximum Gasteiger partial charge on any atom is 0.303 e. The van der Waals surface area contributed by atoms with Crippen LogP contribution in [0.5, 0.6) is 0 Å². The number of unbranched alkanes of at least 4 members (excludes halogenated alkanes) is 12. The minimum Gasteiger partial charge on any atom is -0.481 e. The summed E-state index contributed by atoms with van der Waals surface area (Å²) in [5.41, 5.74) is 0. The molecule has 0 spiro atoms. The zero-order valence-corrected chi connectivity index (χ0v) is 24.0. The van der Waals surface area contributed by atoms with Crippen molar-refractivity contribution >= 4 is 23.8 Å². The van der Waals surface area contributed by atoms with Crippen LogP contribution in [0.2, 0.25) is 0 Å². The average molecular weight is 543 g/mol. The summed E-state index contributed by atoms with van der Waals surface area (Å²) in [6, 6.07) is 0. The molecule has 0 radical (unpaired) electrons. The van der Waals surface area contributed by atoms with E-state index >= 15 is 0 Å². The van der Waals surface area contributed by atoms with Crippen LogP contribution < -0.4 is 0 Å². The van der Waals surface area contributed by atoms with Gasteiger partial charge in [-0.05, 0) is 12.8 Å². The first kappa shape index (κ1) is 35.8. The van der Waals surface area contributed by atoms with Crippen molar-refractivity contribution in [2.24, 2.45) is 0 Å². The fourth-order valence-corrected chi connectivity index (χ4v) is 4.47. The van der Waals surface area contributed by atoms with Gasteiger partial charge in [-0.3, -0.25) is 19.2 Å². The quantitative estimate of drug-likeness (QED) is 0.127. The number of amides is 2. The van der Waals surface area contributed by atoms with Gasteiger partial charge in [0.15, 0.2) is 0 Å².